The van der Waals surface area contributed by atoms with Crippen molar-refractivity contribution in [3.05, 3.63) is 30.6 Å². The predicted molar refractivity (Wildman–Crippen MR) is 129 cm³/mol. The molecule has 1 aromatic heterocycles. The van der Waals surface area contributed by atoms with Gasteiger partial charge in [0.25, 0.3) is 0 Å². The molecule has 2 aliphatic heterocycles. The van der Waals surface area contributed by atoms with E-state index in [0.29, 0.717) is 36.6 Å². The molecule has 10 heteroatoms. The van der Waals surface area contributed by atoms with Crippen LogP contribution in [-0.2, 0) is 14.6 Å². The fourth-order valence-electron chi connectivity index (χ4n) is 5.05. The van der Waals surface area contributed by atoms with Crippen LogP contribution in [0.5, 0.6) is 0 Å². The van der Waals surface area contributed by atoms with Crippen LogP contribution in [-0.4, -0.2) is 59.4 Å². The van der Waals surface area contributed by atoms with E-state index >= 15 is 0 Å². The molecule has 1 N–H and O–H groups in total. The number of hydrogen-bond acceptors (Lipinski definition) is 5. The first-order chi connectivity index (χ1) is 16.2. The minimum atomic E-state index is -2.95. The summed E-state index contributed by atoms with van der Waals surface area (Å²) in [5, 5.41) is 14.3. The summed E-state index contributed by atoms with van der Waals surface area (Å²) >= 11 is 0. The van der Waals surface area contributed by atoms with Gasteiger partial charge in [0, 0.05) is 24.7 Å². The molecule has 1 atom stereocenters. The van der Waals surface area contributed by atoms with Crippen LogP contribution in [0, 0.1) is 5.92 Å². The number of nitrogens with zero attached hydrogens (tertiary/aromatic N) is 4. The van der Waals surface area contributed by atoms with E-state index in [9.17, 15) is 23.1 Å². The number of benzene rings is 1. The number of carbonyl (C=O) groups is 2. The van der Waals surface area contributed by atoms with E-state index in [-0.39, 0.29) is 36.0 Å². The van der Waals surface area contributed by atoms with Crippen LogP contribution in [0.2, 0.25) is 0 Å². The number of sulfone groups is 1. The number of rotatable bonds is 5. The van der Waals surface area contributed by atoms with Gasteiger partial charge in [-0.2, -0.15) is 5.10 Å². The highest BCUT2D eigenvalue weighted by atomic mass is 32.2. The quantitative estimate of drug-likeness (QED) is 0.689. The molecular formula is C24H30N4O5S. The third-order valence-electron chi connectivity index (χ3n) is 7.21. The Balaban J connectivity index is 1.42. The van der Waals surface area contributed by atoms with Crippen LogP contribution in [0.25, 0.3) is 11.1 Å². The second kappa shape index (κ2) is 8.72. The van der Waals surface area contributed by atoms with Crippen molar-refractivity contribution in [2.75, 3.05) is 27.9 Å². The van der Waals surface area contributed by atoms with Gasteiger partial charge in [0.2, 0.25) is 5.91 Å². The van der Waals surface area contributed by atoms with Gasteiger partial charge in [0.15, 0.2) is 0 Å². The lowest BCUT2D eigenvalue weighted by Gasteiger charge is -2.40. The Kier molecular flexibility index (Phi) is 5.87. The first-order valence-electron chi connectivity index (χ1n) is 11.9. The highest BCUT2D eigenvalue weighted by molar-refractivity contribution is 7.91. The fraction of sp³-hybridized carbons (Fsp3) is 0.542. The first kappa shape index (κ1) is 22.9. The van der Waals surface area contributed by atoms with Gasteiger partial charge in [0.1, 0.15) is 9.84 Å². The zero-order valence-corrected chi connectivity index (χ0v) is 20.1. The summed E-state index contributed by atoms with van der Waals surface area (Å²) in [6.45, 7) is 2.10. The zero-order chi connectivity index (χ0) is 24.0. The van der Waals surface area contributed by atoms with Crippen molar-refractivity contribution < 1.29 is 23.1 Å². The maximum atomic E-state index is 13.1. The van der Waals surface area contributed by atoms with Gasteiger partial charge < -0.3 is 10.0 Å². The normalized spacial score (nSPS) is 22.4. The molecule has 182 valence electrons. The summed E-state index contributed by atoms with van der Waals surface area (Å²) in [5.41, 5.74) is 2.75. The smallest absolute Gasteiger partial charge is 0.411 e. The Hall–Kier alpha value is -2.88. The molecule has 9 nitrogen and oxygen atoms in total. The van der Waals surface area contributed by atoms with E-state index in [1.165, 1.54) is 17.7 Å². The summed E-state index contributed by atoms with van der Waals surface area (Å²) in [7, 11) is -2.95. The summed E-state index contributed by atoms with van der Waals surface area (Å²) in [6, 6.07) is 5.32. The Morgan fingerprint density at radius 1 is 1.09 bits per heavy atom. The molecule has 0 bridgehead atoms. The lowest BCUT2D eigenvalue weighted by atomic mass is 10.0. The van der Waals surface area contributed by atoms with Crippen molar-refractivity contribution in [1.82, 2.24) is 9.78 Å². The second-order valence-corrected chi connectivity index (χ2v) is 12.1. The van der Waals surface area contributed by atoms with Crippen molar-refractivity contribution in [2.24, 2.45) is 5.92 Å². The monoisotopic (exact) mass is 486 g/mol. The molecule has 3 heterocycles. The molecule has 2 amide bonds. The lowest BCUT2D eigenvalue weighted by Crippen LogP contribution is -2.51. The fourth-order valence-corrected chi connectivity index (χ4v) is 6.52. The van der Waals surface area contributed by atoms with Crippen molar-refractivity contribution >= 4 is 33.2 Å². The van der Waals surface area contributed by atoms with Crippen molar-refractivity contribution in [3.8, 4) is 11.1 Å². The van der Waals surface area contributed by atoms with E-state index in [1.807, 2.05) is 36.0 Å². The Bertz CT molecular complexity index is 1210. The van der Waals surface area contributed by atoms with Gasteiger partial charge in [-0.25, -0.2) is 13.2 Å². The molecule has 3 aliphatic rings. The van der Waals surface area contributed by atoms with E-state index in [4.69, 9.17) is 0 Å². The molecule has 2 fully saturated rings. The summed E-state index contributed by atoms with van der Waals surface area (Å²) < 4.78 is 25.3. The molecular weight excluding hydrogens is 456 g/mol. The Morgan fingerprint density at radius 3 is 2.50 bits per heavy atom. The second-order valence-electron chi connectivity index (χ2n) is 9.78. The van der Waals surface area contributed by atoms with Crippen LogP contribution in [0.15, 0.2) is 30.6 Å². The predicted octanol–water partition coefficient (Wildman–Crippen LogP) is 3.71. The average molecular weight is 487 g/mol. The van der Waals surface area contributed by atoms with Gasteiger partial charge in [-0.15, -0.1) is 0 Å². The average Bonchev–Trinajstić information content (AvgIpc) is 3.50. The molecule has 0 radical (unpaired) electrons. The van der Waals surface area contributed by atoms with Crippen LogP contribution in [0.1, 0.15) is 51.5 Å². The number of carbonyl (C=O) groups excluding carboxylic acids is 1. The summed E-state index contributed by atoms with van der Waals surface area (Å²) in [4.78, 5) is 28.2. The molecule has 5 rings (SSSR count). The topological polar surface area (TPSA) is 113 Å². The minimum Gasteiger partial charge on any atom is -0.465 e. The van der Waals surface area contributed by atoms with E-state index in [1.54, 1.807) is 11.1 Å². The zero-order valence-electron chi connectivity index (χ0n) is 19.3. The lowest BCUT2D eigenvalue weighted by molar-refractivity contribution is -0.119. The maximum Gasteiger partial charge on any atom is 0.411 e. The molecule has 34 heavy (non-hydrogen) atoms. The van der Waals surface area contributed by atoms with Gasteiger partial charge in [-0.3, -0.25) is 14.4 Å². The molecule has 1 saturated carbocycles. The van der Waals surface area contributed by atoms with Crippen molar-refractivity contribution in [1.29, 1.82) is 0 Å². The number of aromatic nitrogens is 2. The number of hydrogen-bond donors (Lipinski definition) is 1. The molecule has 1 saturated heterocycles. The number of carboxylic acid groups (broad SMARTS) is 1. The number of anilines is 2. The van der Waals surface area contributed by atoms with Crippen molar-refractivity contribution in [2.45, 2.75) is 57.5 Å². The van der Waals surface area contributed by atoms with Gasteiger partial charge in [-0.05, 0) is 49.8 Å². The van der Waals surface area contributed by atoms with E-state index in [2.05, 4.69) is 5.10 Å². The largest absolute Gasteiger partial charge is 0.465 e. The Morgan fingerprint density at radius 2 is 1.82 bits per heavy atom. The maximum absolute atomic E-state index is 13.1. The third kappa shape index (κ3) is 4.55. The van der Waals surface area contributed by atoms with Crippen LogP contribution < -0.4 is 9.80 Å². The van der Waals surface area contributed by atoms with Gasteiger partial charge in [-0.1, -0.05) is 18.9 Å². The minimum absolute atomic E-state index is 0.0332. The number of fused-ring (bicyclic) bond motifs is 1. The van der Waals surface area contributed by atoms with Crippen molar-refractivity contribution in [3.63, 3.8) is 0 Å². The highest BCUT2D eigenvalue weighted by Crippen LogP contribution is 2.40. The molecule has 1 aliphatic carbocycles. The van der Waals surface area contributed by atoms with Crippen LogP contribution >= 0.6 is 0 Å². The molecule has 0 unspecified atom stereocenters. The molecule has 1 aromatic carbocycles. The summed E-state index contributed by atoms with van der Waals surface area (Å²) in [6.07, 6.45) is 7.40. The SMILES string of the molecule is C[C@H]1CN(C(=O)O)c2cc(-c3cnn(C4CCS(=O)(=O)CC4)c3)ccc2N1C(=O)CCC1CC1. The number of amides is 2. The highest BCUT2D eigenvalue weighted by Gasteiger charge is 2.35. The molecule has 2 aromatic rings. The third-order valence-corrected chi connectivity index (χ3v) is 8.92. The summed E-state index contributed by atoms with van der Waals surface area (Å²) in [5.74, 6) is 1.03. The Labute approximate surface area is 199 Å². The van der Waals surface area contributed by atoms with E-state index < -0.39 is 15.9 Å². The van der Waals surface area contributed by atoms with Gasteiger partial charge >= 0.3 is 6.09 Å². The van der Waals surface area contributed by atoms with Gasteiger partial charge in [0.05, 0.1) is 41.2 Å². The van der Waals surface area contributed by atoms with Crippen LogP contribution in [0.4, 0.5) is 16.2 Å². The first-order valence-corrected chi connectivity index (χ1v) is 13.8. The standard InChI is InChI=1S/C24H30N4O5S/c1-16-14-26(24(30)31)22-12-18(5-6-21(22)28(16)23(29)7-4-17-2-3-17)19-13-25-27(15-19)20-8-10-34(32,33)11-9-20/h5-6,12-13,15-17,20H,2-4,7-11,14H2,1H3,(H,30,31)/t16-/m0/s1. The van der Waals surface area contributed by atoms with E-state index in [0.717, 1.165) is 17.5 Å². The molecule has 0 spiro atoms. The van der Waals surface area contributed by atoms with Crippen LogP contribution in [0.3, 0.4) is 0 Å².